The lowest BCUT2D eigenvalue weighted by Gasteiger charge is -2.11. The van der Waals surface area contributed by atoms with E-state index in [9.17, 15) is 4.79 Å². The third-order valence-corrected chi connectivity index (χ3v) is 4.21. The summed E-state index contributed by atoms with van der Waals surface area (Å²) in [6.45, 7) is 8.81. The Balaban J connectivity index is 1.49. The summed E-state index contributed by atoms with van der Waals surface area (Å²) in [6, 6.07) is 11.4. The third-order valence-electron chi connectivity index (χ3n) is 4.21. The number of anilines is 4. The number of urea groups is 1. The van der Waals surface area contributed by atoms with Crippen LogP contribution in [0.4, 0.5) is 27.9 Å². The molecule has 0 unspecified atom stereocenters. The van der Waals surface area contributed by atoms with Crippen molar-refractivity contribution in [2.75, 3.05) is 29.0 Å². The summed E-state index contributed by atoms with van der Waals surface area (Å²) in [7, 11) is 0. The van der Waals surface area contributed by atoms with Crippen LogP contribution in [0, 0.1) is 27.7 Å². The van der Waals surface area contributed by atoms with E-state index in [4.69, 9.17) is 0 Å². The average Bonchev–Trinajstić information content (AvgIpc) is 2.64. The van der Waals surface area contributed by atoms with E-state index in [1.54, 1.807) is 6.20 Å². The molecule has 0 aliphatic heterocycles. The van der Waals surface area contributed by atoms with Crippen LogP contribution in [-0.2, 0) is 0 Å². The van der Waals surface area contributed by atoms with Gasteiger partial charge < -0.3 is 21.3 Å². The molecule has 0 bridgehead atoms. The number of carbonyl (C=O) groups excluding carboxylic acids is 1. The van der Waals surface area contributed by atoms with Crippen LogP contribution in [0.3, 0.4) is 0 Å². The fourth-order valence-corrected chi connectivity index (χ4v) is 3.05. The predicted molar refractivity (Wildman–Crippen MR) is 120 cm³/mol. The number of pyridine rings is 1. The van der Waals surface area contributed by atoms with Gasteiger partial charge in [-0.25, -0.2) is 19.7 Å². The van der Waals surface area contributed by atoms with E-state index in [-0.39, 0.29) is 6.03 Å². The number of hydrogen-bond donors (Lipinski definition) is 4. The number of carbonyl (C=O) groups is 1. The van der Waals surface area contributed by atoms with Gasteiger partial charge in [-0.05, 0) is 68.7 Å². The van der Waals surface area contributed by atoms with Crippen LogP contribution >= 0.6 is 0 Å². The molecule has 1 aromatic carbocycles. The molecule has 4 N–H and O–H groups in total. The monoisotopic (exact) mass is 405 g/mol. The number of nitrogens with one attached hydrogen (secondary N) is 4. The summed E-state index contributed by atoms with van der Waals surface area (Å²) in [5, 5.41) is 12.1. The maximum absolute atomic E-state index is 12.1. The van der Waals surface area contributed by atoms with Crippen LogP contribution in [0.5, 0.6) is 0 Å². The highest BCUT2D eigenvalue weighted by molar-refractivity contribution is 5.89. The zero-order valence-corrected chi connectivity index (χ0v) is 17.7. The molecule has 0 atom stereocenters. The van der Waals surface area contributed by atoms with Gasteiger partial charge in [0.1, 0.15) is 23.3 Å². The van der Waals surface area contributed by atoms with Crippen LogP contribution in [0.1, 0.15) is 22.5 Å². The van der Waals surface area contributed by atoms with E-state index in [0.717, 1.165) is 28.2 Å². The minimum absolute atomic E-state index is 0.242. The van der Waals surface area contributed by atoms with Crippen LogP contribution in [-0.4, -0.2) is 34.1 Å². The highest BCUT2D eigenvalue weighted by Crippen LogP contribution is 2.16. The SMILES string of the molecule is Cc1cc(C)cc(NC(=O)NCCNc2cc(Nc3cc(C)ccn3)nc(C)n2)c1. The minimum atomic E-state index is -0.242. The van der Waals surface area contributed by atoms with Gasteiger partial charge in [-0.2, -0.15) is 0 Å². The molecule has 2 heterocycles. The second-order valence-corrected chi connectivity index (χ2v) is 7.21. The lowest BCUT2D eigenvalue weighted by atomic mass is 10.1. The standard InChI is InChI=1S/C22H27N7O/c1-14-5-6-23-19(12-14)29-21-13-20(26-17(4)27-21)24-7-8-25-22(30)28-18-10-15(2)9-16(3)11-18/h5-6,9-13H,7-8H2,1-4H3,(H2,25,28,30)(H2,23,24,26,27,29). The molecule has 0 saturated carbocycles. The first-order chi connectivity index (χ1) is 14.4. The zero-order valence-electron chi connectivity index (χ0n) is 17.7. The van der Waals surface area contributed by atoms with E-state index in [0.29, 0.717) is 30.5 Å². The molecule has 0 spiro atoms. The van der Waals surface area contributed by atoms with Crippen molar-refractivity contribution in [3.05, 3.63) is 65.1 Å². The molecular weight excluding hydrogens is 378 g/mol. The molecule has 0 fully saturated rings. The Morgan fingerprint density at radius 2 is 1.57 bits per heavy atom. The largest absolute Gasteiger partial charge is 0.368 e. The normalized spacial score (nSPS) is 10.4. The van der Waals surface area contributed by atoms with Gasteiger partial charge in [-0.15, -0.1) is 0 Å². The Bertz CT molecular complexity index is 1020. The molecular formula is C22H27N7O. The molecule has 2 aromatic heterocycles. The summed E-state index contributed by atoms with van der Waals surface area (Å²) in [5.41, 5.74) is 4.11. The second-order valence-electron chi connectivity index (χ2n) is 7.21. The van der Waals surface area contributed by atoms with E-state index in [1.165, 1.54) is 0 Å². The van der Waals surface area contributed by atoms with Crippen molar-refractivity contribution in [1.29, 1.82) is 0 Å². The second kappa shape index (κ2) is 9.69. The third kappa shape index (κ3) is 6.44. The highest BCUT2D eigenvalue weighted by Gasteiger charge is 2.05. The number of benzene rings is 1. The highest BCUT2D eigenvalue weighted by atomic mass is 16.2. The van der Waals surface area contributed by atoms with Crippen molar-refractivity contribution in [3.8, 4) is 0 Å². The molecule has 0 aliphatic carbocycles. The van der Waals surface area contributed by atoms with E-state index in [2.05, 4.69) is 42.3 Å². The fraction of sp³-hybridized carbons (Fsp3) is 0.273. The Morgan fingerprint density at radius 1 is 0.833 bits per heavy atom. The maximum Gasteiger partial charge on any atom is 0.319 e. The Kier molecular flexibility index (Phi) is 6.79. The van der Waals surface area contributed by atoms with Crippen molar-refractivity contribution in [3.63, 3.8) is 0 Å². The first kappa shape index (κ1) is 21.0. The number of aromatic nitrogens is 3. The minimum Gasteiger partial charge on any atom is -0.368 e. The number of rotatable bonds is 7. The van der Waals surface area contributed by atoms with Gasteiger partial charge in [0.2, 0.25) is 0 Å². The van der Waals surface area contributed by atoms with Crippen molar-refractivity contribution in [2.24, 2.45) is 0 Å². The smallest absolute Gasteiger partial charge is 0.319 e. The maximum atomic E-state index is 12.1. The zero-order chi connectivity index (χ0) is 21.5. The first-order valence-electron chi connectivity index (χ1n) is 9.80. The summed E-state index contributed by atoms with van der Waals surface area (Å²) in [5.74, 6) is 2.69. The van der Waals surface area contributed by atoms with Gasteiger partial charge in [0, 0.05) is 31.0 Å². The molecule has 0 radical (unpaired) electrons. The van der Waals surface area contributed by atoms with Crippen LogP contribution in [0.15, 0.2) is 42.6 Å². The molecule has 8 nitrogen and oxygen atoms in total. The van der Waals surface area contributed by atoms with Crippen LogP contribution < -0.4 is 21.3 Å². The van der Waals surface area contributed by atoms with E-state index in [1.807, 2.05) is 58.0 Å². The number of amides is 2. The Hall–Kier alpha value is -3.68. The van der Waals surface area contributed by atoms with Gasteiger partial charge in [-0.3, -0.25) is 0 Å². The Labute approximate surface area is 176 Å². The van der Waals surface area contributed by atoms with Gasteiger partial charge in [0.15, 0.2) is 0 Å². The summed E-state index contributed by atoms with van der Waals surface area (Å²) in [6.07, 6.45) is 1.75. The topological polar surface area (TPSA) is 104 Å². The van der Waals surface area contributed by atoms with Crippen molar-refractivity contribution >= 4 is 29.2 Å². The lowest BCUT2D eigenvalue weighted by molar-refractivity contribution is 0.252. The molecule has 3 aromatic rings. The fourth-order valence-electron chi connectivity index (χ4n) is 3.05. The van der Waals surface area contributed by atoms with E-state index < -0.39 is 0 Å². The quantitative estimate of drug-likeness (QED) is 0.442. The molecule has 0 aliphatic rings. The molecule has 30 heavy (non-hydrogen) atoms. The van der Waals surface area contributed by atoms with Crippen LogP contribution in [0.2, 0.25) is 0 Å². The van der Waals surface area contributed by atoms with Gasteiger partial charge in [0.05, 0.1) is 0 Å². The van der Waals surface area contributed by atoms with Gasteiger partial charge in [0.25, 0.3) is 0 Å². The van der Waals surface area contributed by atoms with Gasteiger partial charge >= 0.3 is 6.03 Å². The number of aryl methyl sites for hydroxylation is 4. The number of hydrogen-bond acceptors (Lipinski definition) is 6. The molecule has 3 rings (SSSR count). The van der Waals surface area contributed by atoms with Gasteiger partial charge in [-0.1, -0.05) is 6.07 Å². The molecule has 156 valence electrons. The molecule has 0 saturated heterocycles. The molecule has 2 amide bonds. The summed E-state index contributed by atoms with van der Waals surface area (Å²) in [4.78, 5) is 25.2. The van der Waals surface area contributed by atoms with Crippen LogP contribution in [0.25, 0.3) is 0 Å². The summed E-state index contributed by atoms with van der Waals surface area (Å²) < 4.78 is 0. The Morgan fingerprint density at radius 3 is 2.30 bits per heavy atom. The average molecular weight is 406 g/mol. The summed E-state index contributed by atoms with van der Waals surface area (Å²) >= 11 is 0. The van der Waals surface area contributed by atoms with Crippen molar-refractivity contribution in [1.82, 2.24) is 20.3 Å². The first-order valence-corrected chi connectivity index (χ1v) is 9.80. The van der Waals surface area contributed by atoms with Crippen molar-refractivity contribution < 1.29 is 4.79 Å². The number of nitrogens with zero attached hydrogens (tertiary/aromatic N) is 3. The van der Waals surface area contributed by atoms with E-state index >= 15 is 0 Å². The lowest BCUT2D eigenvalue weighted by Crippen LogP contribution is -2.32. The predicted octanol–water partition coefficient (Wildman–Crippen LogP) is 4.08. The molecule has 8 heteroatoms. The van der Waals surface area contributed by atoms with Crippen molar-refractivity contribution in [2.45, 2.75) is 27.7 Å².